The lowest BCUT2D eigenvalue weighted by Gasteiger charge is -2.15. The Morgan fingerprint density at radius 1 is 0.917 bits per heavy atom. The van der Waals surface area contributed by atoms with E-state index < -0.39 is 0 Å². The van der Waals surface area contributed by atoms with Crippen LogP contribution in [0, 0.1) is 6.92 Å². The number of nitrogens with one attached hydrogen (secondary N) is 2. The predicted molar refractivity (Wildman–Crippen MR) is 97.8 cm³/mol. The zero-order valence-corrected chi connectivity index (χ0v) is 14.7. The monoisotopic (exact) mass is 327 g/mol. The smallest absolute Gasteiger partial charge is 0.191 e. The van der Waals surface area contributed by atoms with Crippen LogP contribution in [-0.2, 0) is 13.1 Å². The number of hydrogen-bond acceptors (Lipinski definition) is 3. The van der Waals surface area contributed by atoms with Gasteiger partial charge in [-0.2, -0.15) is 0 Å². The molecule has 0 radical (unpaired) electrons. The molecular formula is C19H25N3O2. The molecule has 2 rings (SSSR count). The molecule has 0 heterocycles. The molecule has 24 heavy (non-hydrogen) atoms. The summed E-state index contributed by atoms with van der Waals surface area (Å²) in [4.78, 5) is 4.26. The van der Waals surface area contributed by atoms with Crippen molar-refractivity contribution in [3.05, 3.63) is 59.2 Å². The quantitative estimate of drug-likeness (QED) is 0.633. The second-order valence-corrected chi connectivity index (χ2v) is 5.41. The Morgan fingerprint density at radius 2 is 1.54 bits per heavy atom. The Bertz CT molecular complexity index is 699. The number of ether oxygens (including phenoxy) is 2. The number of nitrogens with zero attached hydrogens (tertiary/aromatic N) is 1. The molecule has 2 aromatic rings. The van der Waals surface area contributed by atoms with Gasteiger partial charge in [0.25, 0.3) is 0 Å². The molecule has 0 aliphatic carbocycles. The van der Waals surface area contributed by atoms with E-state index >= 15 is 0 Å². The summed E-state index contributed by atoms with van der Waals surface area (Å²) >= 11 is 0. The molecule has 0 amide bonds. The summed E-state index contributed by atoms with van der Waals surface area (Å²) in [6.07, 6.45) is 0. The van der Waals surface area contributed by atoms with Gasteiger partial charge >= 0.3 is 0 Å². The topological polar surface area (TPSA) is 54.9 Å². The van der Waals surface area contributed by atoms with E-state index in [9.17, 15) is 0 Å². The molecule has 2 aromatic carbocycles. The van der Waals surface area contributed by atoms with Gasteiger partial charge in [0, 0.05) is 31.3 Å². The van der Waals surface area contributed by atoms with Crippen LogP contribution < -0.4 is 20.1 Å². The van der Waals surface area contributed by atoms with E-state index in [0.717, 1.165) is 28.6 Å². The van der Waals surface area contributed by atoms with Crippen molar-refractivity contribution < 1.29 is 9.47 Å². The van der Waals surface area contributed by atoms with Gasteiger partial charge in [-0.25, -0.2) is 0 Å². The standard InChI is InChI=1S/C19H25N3O2/c1-14-9-10-16(18(11-14)24-4)13-22-19(20-2)21-12-15-7-5-6-8-17(15)23-3/h5-11H,12-13H2,1-4H3,(H2,20,21,22). The largest absolute Gasteiger partial charge is 0.496 e. The molecule has 5 heteroatoms. The molecule has 0 saturated carbocycles. The molecule has 5 nitrogen and oxygen atoms in total. The van der Waals surface area contributed by atoms with E-state index in [4.69, 9.17) is 9.47 Å². The molecule has 0 unspecified atom stereocenters. The summed E-state index contributed by atoms with van der Waals surface area (Å²) in [6.45, 7) is 3.32. The molecule has 2 N–H and O–H groups in total. The molecule has 0 saturated heterocycles. The molecule has 0 bridgehead atoms. The fourth-order valence-electron chi connectivity index (χ4n) is 2.43. The lowest BCUT2D eigenvalue weighted by molar-refractivity contribution is 0.408. The van der Waals surface area contributed by atoms with Crippen LogP contribution in [0.1, 0.15) is 16.7 Å². The van der Waals surface area contributed by atoms with E-state index in [1.165, 1.54) is 5.56 Å². The van der Waals surface area contributed by atoms with Gasteiger partial charge in [-0.15, -0.1) is 0 Å². The zero-order valence-electron chi connectivity index (χ0n) is 14.7. The normalized spacial score (nSPS) is 11.1. The van der Waals surface area contributed by atoms with Crippen LogP contribution >= 0.6 is 0 Å². The van der Waals surface area contributed by atoms with Crippen molar-refractivity contribution in [1.29, 1.82) is 0 Å². The second kappa shape index (κ2) is 8.82. The van der Waals surface area contributed by atoms with Gasteiger partial charge in [-0.05, 0) is 24.6 Å². The number of benzene rings is 2. The molecule has 0 atom stereocenters. The third kappa shape index (κ3) is 4.65. The highest BCUT2D eigenvalue weighted by molar-refractivity contribution is 5.79. The van der Waals surface area contributed by atoms with Gasteiger partial charge in [-0.1, -0.05) is 30.3 Å². The summed E-state index contributed by atoms with van der Waals surface area (Å²) in [5.41, 5.74) is 3.34. The van der Waals surface area contributed by atoms with Crippen molar-refractivity contribution in [2.24, 2.45) is 4.99 Å². The third-order valence-electron chi connectivity index (χ3n) is 3.75. The van der Waals surface area contributed by atoms with Crippen molar-refractivity contribution >= 4 is 5.96 Å². The van der Waals surface area contributed by atoms with Gasteiger partial charge in [0.05, 0.1) is 14.2 Å². The minimum Gasteiger partial charge on any atom is -0.496 e. The molecule has 0 spiro atoms. The van der Waals surface area contributed by atoms with Crippen molar-refractivity contribution in [3.63, 3.8) is 0 Å². The minimum absolute atomic E-state index is 0.634. The van der Waals surface area contributed by atoms with Crippen LogP contribution in [0.15, 0.2) is 47.5 Å². The molecular weight excluding hydrogens is 302 g/mol. The number of guanidine groups is 1. The summed E-state index contributed by atoms with van der Waals surface area (Å²) in [5, 5.41) is 6.60. The van der Waals surface area contributed by atoms with Crippen molar-refractivity contribution in [1.82, 2.24) is 10.6 Å². The summed E-state index contributed by atoms with van der Waals surface area (Å²) in [7, 11) is 5.12. The van der Waals surface area contributed by atoms with Crippen LogP contribution in [-0.4, -0.2) is 27.2 Å². The van der Waals surface area contributed by atoms with Crippen LogP contribution in [0.4, 0.5) is 0 Å². The number of para-hydroxylation sites is 1. The van der Waals surface area contributed by atoms with Gasteiger partial charge in [0.2, 0.25) is 0 Å². The second-order valence-electron chi connectivity index (χ2n) is 5.41. The Labute approximate surface area is 143 Å². The lowest BCUT2D eigenvalue weighted by atomic mass is 10.1. The van der Waals surface area contributed by atoms with Crippen molar-refractivity contribution in [2.45, 2.75) is 20.0 Å². The Balaban J connectivity index is 1.96. The average Bonchev–Trinajstić information content (AvgIpc) is 2.62. The van der Waals surface area contributed by atoms with Gasteiger partial charge in [-0.3, -0.25) is 4.99 Å². The third-order valence-corrected chi connectivity index (χ3v) is 3.75. The maximum absolute atomic E-state index is 5.43. The van der Waals surface area contributed by atoms with E-state index in [2.05, 4.69) is 27.8 Å². The Morgan fingerprint density at radius 3 is 2.17 bits per heavy atom. The zero-order chi connectivity index (χ0) is 17.4. The van der Waals surface area contributed by atoms with E-state index in [0.29, 0.717) is 13.1 Å². The summed E-state index contributed by atoms with van der Waals surface area (Å²) in [6, 6.07) is 14.1. The molecule has 0 fully saturated rings. The number of aliphatic imine (C=N–C) groups is 1. The maximum atomic E-state index is 5.43. The number of aryl methyl sites for hydroxylation is 1. The predicted octanol–water partition coefficient (Wildman–Crippen LogP) is 2.88. The van der Waals surface area contributed by atoms with E-state index in [1.54, 1.807) is 21.3 Å². The summed E-state index contributed by atoms with van der Waals surface area (Å²) in [5.74, 6) is 2.46. The number of hydrogen-bond donors (Lipinski definition) is 2. The van der Waals surface area contributed by atoms with Crippen LogP contribution in [0.2, 0.25) is 0 Å². The molecule has 0 aliphatic rings. The van der Waals surface area contributed by atoms with Crippen molar-refractivity contribution in [2.75, 3.05) is 21.3 Å². The van der Waals surface area contributed by atoms with Crippen molar-refractivity contribution in [3.8, 4) is 11.5 Å². The lowest BCUT2D eigenvalue weighted by Crippen LogP contribution is -2.36. The first-order valence-electron chi connectivity index (χ1n) is 7.88. The van der Waals surface area contributed by atoms with Crippen LogP contribution in [0.25, 0.3) is 0 Å². The Hall–Kier alpha value is -2.69. The first kappa shape index (κ1) is 17.7. The van der Waals surface area contributed by atoms with Crippen LogP contribution in [0.3, 0.4) is 0 Å². The number of rotatable bonds is 6. The van der Waals surface area contributed by atoms with Crippen LogP contribution in [0.5, 0.6) is 11.5 Å². The highest BCUT2D eigenvalue weighted by Gasteiger charge is 2.06. The molecule has 0 aliphatic heterocycles. The fourth-order valence-corrected chi connectivity index (χ4v) is 2.43. The van der Waals surface area contributed by atoms with E-state index in [1.807, 2.05) is 37.3 Å². The maximum Gasteiger partial charge on any atom is 0.191 e. The van der Waals surface area contributed by atoms with Gasteiger partial charge < -0.3 is 20.1 Å². The first-order valence-corrected chi connectivity index (χ1v) is 7.88. The SMILES string of the molecule is CN=C(NCc1ccccc1OC)NCc1ccc(C)cc1OC. The molecule has 128 valence electrons. The Kier molecular flexibility index (Phi) is 6.49. The fraction of sp³-hybridized carbons (Fsp3) is 0.316. The average molecular weight is 327 g/mol. The van der Waals surface area contributed by atoms with Gasteiger partial charge in [0.1, 0.15) is 11.5 Å². The molecule has 0 aromatic heterocycles. The minimum atomic E-state index is 0.634. The number of methoxy groups -OCH3 is 2. The highest BCUT2D eigenvalue weighted by Crippen LogP contribution is 2.19. The summed E-state index contributed by atoms with van der Waals surface area (Å²) < 4.78 is 10.8. The van der Waals surface area contributed by atoms with Gasteiger partial charge in [0.15, 0.2) is 5.96 Å². The highest BCUT2D eigenvalue weighted by atomic mass is 16.5. The van der Waals surface area contributed by atoms with E-state index in [-0.39, 0.29) is 0 Å². The first-order chi connectivity index (χ1) is 11.7.